The monoisotopic (exact) mass is 392 g/mol. The number of carboxylic acids is 1. The summed E-state index contributed by atoms with van der Waals surface area (Å²) in [5.41, 5.74) is -0.438. The summed E-state index contributed by atoms with van der Waals surface area (Å²) in [6.45, 7) is 0. The summed E-state index contributed by atoms with van der Waals surface area (Å²) in [5.74, 6) is -1.11. The van der Waals surface area contributed by atoms with Crippen molar-refractivity contribution in [2.24, 2.45) is 0 Å². The fraction of sp³-hybridized carbons (Fsp3) is 0. The zero-order chi connectivity index (χ0) is 14.0. The lowest BCUT2D eigenvalue weighted by Crippen LogP contribution is -2.12. The summed E-state index contributed by atoms with van der Waals surface area (Å²) in [4.78, 5) is 28.7. The molecule has 0 bridgehead atoms. The molecule has 2 rings (SSSR count). The first-order chi connectivity index (χ1) is 8.99. The van der Waals surface area contributed by atoms with Crippen LogP contribution in [0.3, 0.4) is 0 Å². The Bertz CT molecular complexity index is 701. The Kier molecular flexibility index (Phi) is 4.05. The summed E-state index contributed by atoms with van der Waals surface area (Å²) in [5, 5.41) is 9.36. The van der Waals surface area contributed by atoms with Crippen molar-refractivity contribution < 1.29 is 14.6 Å². The molecule has 1 aromatic heterocycles. The van der Waals surface area contributed by atoms with Crippen LogP contribution in [0.15, 0.2) is 29.3 Å². The number of rotatable bonds is 3. The highest BCUT2D eigenvalue weighted by atomic mass is 127. The lowest BCUT2D eigenvalue weighted by atomic mass is 10.2. The fourth-order valence-electron chi connectivity index (χ4n) is 1.30. The first-order valence-corrected chi connectivity index (χ1v) is 6.38. The largest absolute Gasteiger partial charge is 0.478 e. The molecule has 0 aliphatic carbocycles. The van der Waals surface area contributed by atoms with Crippen LogP contribution in [0.1, 0.15) is 10.4 Å². The summed E-state index contributed by atoms with van der Waals surface area (Å²) in [7, 11) is 0. The molecule has 98 valence electrons. The van der Waals surface area contributed by atoms with E-state index in [0.717, 1.165) is 0 Å². The molecule has 0 saturated heterocycles. The number of carboxylic acid groups (broad SMARTS) is 1. The Balaban J connectivity index is 2.48. The molecule has 1 heterocycles. The van der Waals surface area contributed by atoms with Crippen LogP contribution in [0.4, 0.5) is 0 Å². The fourth-order valence-corrected chi connectivity index (χ4v) is 1.87. The lowest BCUT2D eigenvalue weighted by Gasteiger charge is -2.08. The lowest BCUT2D eigenvalue weighted by molar-refractivity contribution is 0.0694. The highest BCUT2D eigenvalue weighted by Crippen LogP contribution is 2.28. The van der Waals surface area contributed by atoms with Crippen LogP contribution in [-0.4, -0.2) is 21.0 Å². The molecular weight excluding hydrogens is 386 g/mol. The van der Waals surface area contributed by atoms with E-state index >= 15 is 0 Å². The van der Waals surface area contributed by atoms with Crippen molar-refractivity contribution in [2.45, 2.75) is 0 Å². The van der Waals surface area contributed by atoms with E-state index in [0.29, 0.717) is 5.02 Å². The van der Waals surface area contributed by atoms with Gasteiger partial charge < -0.3 is 14.8 Å². The number of benzene rings is 1. The third-order valence-corrected chi connectivity index (χ3v) is 3.33. The predicted molar refractivity (Wildman–Crippen MR) is 76.1 cm³/mol. The van der Waals surface area contributed by atoms with Gasteiger partial charge in [0.1, 0.15) is 14.9 Å². The molecule has 0 aliphatic rings. The molecule has 0 saturated carbocycles. The van der Waals surface area contributed by atoms with Gasteiger partial charge in [-0.25, -0.2) is 9.78 Å². The van der Waals surface area contributed by atoms with Crippen LogP contribution in [0.25, 0.3) is 0 Å². The van der Waals surface area contributed by atoms with Gasteiger partial charge in [0.05, 0.1) is 6.33 Å². The van der Waals surface area contributed by atoms with Gasteiger partial charge in [0.2, 0.25) is 5.88 Å². The van der Waals surface area contributed by atoms with E-state index < -0.39 is 5.97 Å². The van der Waals surface area contributed by atoms with Crippen LogP contribution < -0.4 is 10.3 Å². The summed E-state index contributed by atoms with van der Waals surface area (Å²) in [6.07, 6.45) is 1.17. The van der Waals surface area contributed by atoms with Gasteiger partial charge in [-0.15, -0.1) is 0 Å². The second-order valence-electron chi connectivity index (χ2n) is 3.40. The van der Waals surface area contributed by atoms with Crippen molar-refractivity contribution in [1.29, 1.82) is 0 Å². The molecule has 0 spiro atoms. The van der Waals surface area contributed by atoms with E-state index in [-0.39, 0.29) is 26.3 Å². The van der Waals surface area contributed by atoms with Crippen molar-refractivity contribution in [3.05, 3.63) is 49.0 Å². The highest BCUT2D eigenvalue weighted by molar-refractivity contribution is 14.1. The topological polar surface area (TPSA) is 92.3 Å². The maximum Gasteiger partial charge on any atom is 0.339 e. The van der Waals surface area contributed by atoms with E-state index in [9.17, 15) is 9.59 Å². The van der Waals surface area contributed by atoms with Crippen molar-refractivity contribution in [3.63, 3.8) is 0 Å². The molecule has 0 unspecified atom stereocenters. The average molecular weight is 393 g/mol. The predicted octanol–water partition coefficient (Wildman–Crippen LogP) is 2.52. The van der Waals surface area contributed by atoms with Crippen molar-refractivity contribution in [2.75, 3.05) is 0 Å². The van der Waals surface area contributed by atoms with Crippen LogP contribution >= 0.6 is 34.2 Å². The normalized spacial score (nSPS) is 10.2. The quantitative estimate of drug-likeness (QED) is 0.783. The number of hydrogen-bond acceptors (Lipinski definition) is 4. The molecule has 8 heteroatoms. The number of aromatic carboxylic acids is 1. The third kappa shape index (κ3) is 3.04. The summed E-state index contributed by atoms with van der Waals surface area (Å²) >= 11 is 7.55. The van der Waals surface area contributed by atoms with Crippen LogP contribution in [0.5, 0.6) is 11.6 Å². The molecule has 19 heavy (non-hydrogen) atoms. The van der Waals surface area contributed by atoms with E-state index in [1.165, 1.54) is 24.5 Å². The maximum absolute atomic E-state index is 11.4. The standard InChI is InChI=1S/C11H6ClIN2O4/c12-5-1-2-6(11(17)18)7(3-5)19-10-8(13)9(16)14-4-15-10/h1-4H,(H,17,18)(H,14,15,16). The molecule has 0 atom stereocenters. The maximum atomic E-state index is 11.4. The molecule has 1 aromatic carbocycles. The number of aromatic nitrogens is 2. The molecular formula is C11H6ClIN2O4. The minimum atomic E-state index is -1.16. The number of nitrogens with zero attached hydrogens (tertiary/aromatic N) is 1. The Hall–Kier alpha value is -1.61. The van der Waals surface area contributed by atoms with Gasteiger partial charge in [-0.3, -0.25) is 4.79 Å². The Morgan fingerprint density at radius 3 is 2.89 bits per heavy atom. The number of H-pyrrole nitrogens is 1. The molecule has 2 aromatic rings. The van der Waals surface area contributed by atoms with E-state index in [4.69, 9.17) is 21.4 Å². The number of nitrogens with one attached hydrogen (secondary N) is 1. The van der Waals surface area contributed by atoms with E-state index in [1.54, 1.807) is 22.6 Å². The molecule has 0 fully saturated rings. The van der Waals surface area contributed by atoms with E-state index in [2.05, 4.69) is 9.97 Å². The number of hydrogen-bond donors (Lipinski definition) is 2. The number of carbonyl (C=O) groups is 1. The van der Waals surface area contributed by atoms with Crippen LogP contribution in [0, 0.1) is 3.57 Å². The Labute approximate surface area is 125 Å². The van der Waals surface area contributed by atoms with Crippen molar-refractivity contribution in [3.8, 4) is 11.6 Å². The SMILES string of the molecule is O=C(O)c1ccc(Cl)cc1Oc1nc[nH]c(=O)c1I. The van der Waals surface area contributed by atoms with Crippen molar-refractivity contribution in [1.82, 2.24) is 9.97 Å². The molecule has 2 N–H and O–H groups in total. The van der Waals surface area contributed by atoms with Gasteiger partial charge in [0, 0.05) is 11.1 Å². The van der Waals surface area contributed by atoms with Gasteiger partial charge in [-0.05, 0) is 34.7 Å². The summed E-state index contributed by atoms with van der Waals surface area (Å²) in [6, 6.07) is 4.11. The van der Waals surface area contributed by atoms with Crippen LogP contribution in [-0.2, 0) is 0 Å². The van der Waals surface area contributed by atoms with Gasteiger partial charge in [0.25, 0.3) is 5.56 Å². The number of halogens is 2. The molecule has 6 nitrogen and oxygen atoms in total. The van der Waals surface area contributed by atoms with Gasteiger partial charge in [0.15, 0.2) is 0 Å². The average Bonchev–Trinajstić information content (AvgIpc) is 2.35. The van der Waals surface area contributed by atoms with E-state index in [1.807, 2.05) is 0 Å². The number of aromatic amines is 1. The van der Waals surface area contributed by atoms with Crippen molar-refractivity contribution >= 4 is 40.2 Å². The zero-order valence-corrected chi connectivity index (χ0v) is 12.1. The first-order valence-electron chi connectivity index (χ1n) is 4.93. The van der Waals surface area contributed by atoms with Gasteiger partial charge in [-0.1, -0.05) is 11.6 Å². The third-order valence-electron chi connectivity index (χ3n) is 2.15. The minimum Gasteiger partial charge on any atom is -0.478 e. The molecule has 0 radical (unpaired) electrons. The Morgan fingerprint density at radius 1 is 1.47 bits per heavy atom. The first kappa shape index (κ1) is 13.8. The van der Waals surface area contributed by atoms with Gasteiger partial charge in [-0.2, -0.15) is 0 Å². The smallest absolute Gasteiger partial charge is 0.339 e. The minimum absolute atomic E-state index is 0.0223. The number of ether oxygens (including phenoxy) is 1. The zero-order valence-electron chi connectivity index (χ0n) is 9.18. The summed E-state index contributed by atoms with van der Waals surface area (Å²) < 4.78 is 5.58. The Morgan fingerprint density at radius 2 is 2.21 bits per heavy atom. The molecule has 0 amide bonds. The molecule has 0 aliphatic heterocycles. The second-order valence-corrected chi connectivity index (χ2v) is 4.91. The second kappa shape index (κ2) is 5.57. The van der Waals surface area contributed by atoms with Gasteiger partial charge >= 0.3 is 5.97 Å². The highest BCUT2D eigenvalue weighted by Gasteiger charge is 2.15. The van der Waals surface area contributed by atoms with Crippen LogP contribution in [0.2, 0.25) is 5.02 Å².